The van der Waals surface area contributed by atoms with Crippen LogP contribution in [-0.2, 0) is 9.53 Å². The third kappa shape index (κ3) is 4.28. The van der Waals surface area contributed by atoms with Gasteiger partial charge < -0.3 is 9.64 Å². The molecular formula is C22H22N2O3S. The molecule has 0 aliphatic carbocycles. The van der Waals surface area contributed by atoms with E-state index in [4.69, 9.17) is 4.74 Å². The third-order valence-corrected chi connectivity index (χ3v) is 5.20. The summed E-state index contributed by atoms with van der Waals surface area (Å²) in [5.41, 5.74) is 2.21. The summed E-state index contributed by atoms with van der Waals surface area (Å²) in [7, 11) is 0. The van der Waals surface area contributed by atoms with Crippen LogP contribution in [0.1, 0.15) is 28.5 Å². The van der Waals surface area contributed by atoms with Gasteiger partial charge in [-0.2, -0.15) is 0 Å². The van der Waals surface area contributed by atoms with E-state index < -0.39 is 12.1 Å². The van der Waals surface area contributed by atoms with Crippen molar-refractivity contribution < 1.29 is 14.3 Å². The first-order valence-corrected chi connectivity index (χ1v) is 9.93. The quantitative estimate of drug-likeness (QED) is 0.568. The summed E-state index contributed by atoms with van der Waals surface area (Å²) in [5.74, 6) is -0.793. The van der Waals surface area contributed by atoms with Crippen molar-refractivity contribution in [3.05, 3.63) is 70.5 Å². The van der Waals surface area contributed by atoms with Gasteiger partial charge in [0.15, 0.2) is 6.10 Å². The Kier molecular flexibility index (Phi) is 6.21. The number of ether oxygens (including phenoxy) is 1. The van der Waals surface area contributed by atoms with Gasteiger partial charge in [-0.3, -0.25) is 4.79 Å². The number of para-hydroxylation sites is 1. The maximum absolute atomic E-state index is 12.8. The number of hydrogen-bond acceptors (Lipinski definition) is 5. The lowest BCUT2D eigenvalue weighted by Gasteiger charge is -2.24. The normalized spacial score (nSPS) is 11.7. The van der Waals surface area contributed by atoms with Crippen molar-refractivity contribution in [1.82, 2.24) is 4.98 Å². The summed E-state index contributed by atoms with van der Waals surface area (Å²) >= 11 is 1.27. The molecule has 1 atom stereocenters. The molecule has 0 unspecified atom stereocenters. The second-order valence-electron chi connectivity index (χ2n) is 6.24. The summed E-state index contributed by atoms with van der Waals surface area (Å²) in [4.78, 5) is 32.1. The van der Waals surface area contributed by atoms with Crippen LogP contribution in [0, 0.1) is 6.92 Å². The summed E-state index contributed by atoms with van der Waals surface area (Å²) in [6.07, 6.45) is -0.904. The van der Waals surface area contributed by atoms with E-state index in [0.29, 0.717) is 17.1 Å². The maximum atomic E-state index is 12.8. The number of carbonyl (C=O) groups is 2. The zero-order valence-corrected chi connectivity index (χ0v) is 16.9. The van der Waals surface area contributed by atoms with Crippen LogP contribution in [-0.4, -0.2) is 29.5 Å². The third-order valence-electron chi connectivity index (χ3n) is 4.25. The van der Waals surface area contributed by atoms with Crippen molar-refractivity contribution in [2.75, 3.05) is 11.4 Å². The monoisotopic (exact) mass is 394 g/mol. The first-order chi connectivity index (χ1) is 13.5. The molecule has 5 nitrogen and oxygen atoms in total. The minimum absolute atomic E-state index is 0.260. The molecule has 0 saturated carbocycles. The van der Waals surface area contributed by atoms with Gasteiger partial charge in [0.05, 0.1) is 10.7 Å². The lowest BCUT2D eigenvalue weighted by Crippen LogP contribution is -2.40. The number of amides is 1. The molecule has 6 heteroatoms. The van der Waals surface area contributed by atoms with Crippen LogP contribution in [0.2, 0.25) is 0 Å². The van der Waals surface area contributed by atoms with Gasteiger partial charge in [-0.25, -0.2) is 9.78 Å². The highest BCUT2D eigenvalue weighted by molar-refractivity contribution is 7.14. The Morgan fingerprint density at radius 2 is 1.68 bits per heavy atom. The van der Waals surface area contributed by atoms with Gasteiger partial charge in [-0.1, -0.05) is 48.5 Å². The lowest BCUT2D eigenvalue weighted by molar-refractivity contribution is -0.126. The second-order valence-corrected chi connectivity index (χ2v) is 7.45. The van der Waals surface area contributed by atoms with Crippen molar-refractivity contribution >= 4 is 28.9 Å². The van der Waals surface area contributed by atoms with Gasteiger partial charge in [0.1, 0.15) is 4.88 Å². The molecular weight excluding hydrogens is 372 g/mol. The molecule has 1 aromatic heterocycles. The summed E-state index contributed by atoms with van der Waals surface area (Å²) < 4.78 is 5.52. The summed E-state index contributed by atoms with van der Waals surface area (Å²) in [5, 5.41) is 0.768. The van der Waals surface area contributed by atoms with E-state index in [1.165, 1.54) is 11.3 Å². The number of anilines is 1. The molecule has 0 bridgehead atoms. The molecule has 0 aliphatic heterocycles. The van der Waals surface area contributed by atoms with Crippen molar-refractivity contribution in [3.8, 4) is 11.3 Å². The Bertz CT molecular complexity index is 954. The van der Waals surface area contributed by atoms with Crippen LogP contribution in [0.15, 0.2) is 60.7 Å². The fraction of sp³-hybridized carbons (Fsp3) is 0.227. The largest absolute Gasteiger partial charge is 0.448 e. The Balaban J connectivity index is 1.79. The van der Waals surface area contributed by atoms with Crippen LogP contribution >= 0.6 is 11.3 Å². The SMILES string of the molecule is CCN(C(=O)[C@@H](C)OC(=O)c1sc(C)nc1-c1ccccc1)c1ccccc1. The molecule has 0 radical (unpaired) electrons. The van der Waals surface area contributed by atoms with Gasteiger partial charge in [-0.05, 0) is 32.9 Å². The van der Waals surface area contributed by atoms with E-state index >= 15 is 0 Å². The number of carbonyl (C=O) groups excluding carboxylic acids is 2. The van der Waals surface area contributed by atoms with E-state index in [9.17, 15) is 9.59 Å². The van der Waals surface area contributed by atoms with Gasteiger partial charge in [0.2, 0.25) is 0 Å². The minimum Gasteiger partial charge on any atom is -0.448 e. The summed E-state index contributed by atoms with van der Waals surface area (Å²) in [6, 6.07) is 18.8. The number of aryl methyl sites for hydroxylation is 1. The van der Waals surface area contributed by atoms with E-state index in [2.05, 4.69) is 4.98 Å². The number of benzene rings is 2. The molecule has 0 spiro atoms. The topological polar surface area (TPSA) is 59.5 Å². The molecule has 0 N–H and O–H groups in total. The van der Waals surface area contributed by atoms with Crippen molar-refractivity contribution in [3.63, 3.8) is 0 Å². The molecule has 0 fully saturated rings. The molecule has 3 rings (SSSR count). The second kappa shape index (κ2) is 8.80. The maximum Gasteiger partial charge on any atom is 0.351 e. The summed E-state index contributed by atoms with van der Waals surface area (Å²) in [6.45, 7) is 5.82. The first-order valence-electron chi connectivity index (χ1n) is 9.11. The standard InChI is InChI=1S/C22H22N2O3S/c1-4-24(18-13-9-6-10-14-18)21(25)15(2)27-22(26)20-19(23-16(3)28-20)17-11-7-5-8-12-17/h5-15H,4H2,1-3H3/t15-/m1/s1. The zero-order valence-electron chi connectivity index (χ0n) is 16.1. The van der Waals surface area contributed by atoms with E-state index in [1.807, 2.05) is 74.5 Å². The molecule has 1 heterocycles. The highest BCUT2D eigenvalue weighted by atomic mass is 32.1. The highest BCUT2D eigenvalue weighted by Gasteiger charge is 2.27. The fourth-order valence-electron chi connectivity index (χ4n) is 2.91. The average molecular weight is 394 g/mol. The van der Waals surface area contributed by atoms with Crippen LogP contribution in [0.4, 0.5) is 5.69 Å². The van der Waals surface area contributed by atoms with Crippen LogP contribution < -0.4 is 4.90 Å². The van der Waals surface area contributed by atoms with Gasteiger partial charge >= 0.3 is 5.97 Å². The first kappa shape index (κ1) is 19.8. The van der Waals surface area contributed by atoms with Crippen LogP contribution in [0.3, 0.4) is 0 Å². The smallest absolute Gasteiger partial charge is 0.351 e. The van der Waals surface area contributed by atoms with Crippen LogP contribution in [0.25, 0.3) is 11.3 Å². The number of likely N-dealkylation sites (N-methyl/N-ethyl adjacent to an activating group) is 1. The molecule has 3 aromatic rings. The minimum atomic E-state index is -0.904. The predicted octanol–water partition coefficient (Wildman–Crippen LogP) is 4.72. The molecule has 1 amide bonds. The van der Waals surface area contributed by atoms with E-state index in [0.717, 1.165) is 16.3 Å². The average Bonchev–Trinajstić information content (AvgIpc) is 3.12. The molecule has 0 aliphatic rings. The van der Waals surface area contributed by atoms with Gasteiger partial charge in [-0.15, -0.1) is 11.3 Å². The number of nitrogens with zero attached hydrogens (tertiary/aromatic N) is 2. The molecule has 0 saturated heterocycles. The van der Waals surface area contributed by atoms with Crippen LogP contribution in [0.5, 0.6) is 0 Å². The van der Waals surface area contributed by atoms with E-state index in [1.54, 1.807) is 11.8 Å². The Morgan fingerprint density at radius 1 is 1.07 bits per heavy atom. The Hall–Kier alpha value is -2.99. The number of esters is 1. The van der Waals surface area contributed by atoms with Crippen molar-refractivity contribution in [1.29, 1.82) is 0 Å². The molecule has 28 heavy (non-hydrogen) atoms. The highest BCUT2D eigenvalue weighted by Crippen LogP contribution is 2.29. The zero-order chi connectivity index (χ0) is 20.1. The van der Waals surface area contributed by atoms with Gasteiger partial charge in [0.25, 0.3) is 5.91 Å². The number of hydrogen-bond donors (Lipinski definition) is 0. The number of rotatable bonds is 6. The van der Waals surface area contributed by atoms with Crippen molar-refractivity contribution in [2.45, 2.75) is 26.9 Å². The van der Waals surface area contributed by atoms with E-state index in [-0.39, 0.29) is 5.91 Å². The fourth-order valence-corrected chi connectivity index (χ4v) is 3.74. The lowest BCUT2D eigenvalue weighted by atomic mass is 10.1. The Morgan fingerprint density at radius 3 is 2.29 bits per heavy atom. The van der Waals surface area contributed by atoms with Crippen molar-refractivity contribution in [2.24, 2.45) is 0 Å². The van der Waals surface area contributed by atoms with Gasteiger partial charge in [0, 0.05) is 17.8 Å². The number of aromatic nitrogens is 1. The molecule has 144 valence electrons. The Labute approximate surface area is 168 Å². The molecule has 2 aromatic carbocycles. The number of thiazole rings is 1. The predicted molar refractivity (Wildman–Crippen MR) is 112 cm³/mol.